The lowest BCUT2D eigenvalue weighted by molar-refractivity contribution is -0.128. The van der Waals surface area contributed by atoms with Gasteiger partial charge < -0.3 is 15.5 Å². The number of benzene rings is 2. The maximum absolute atomic E-state index is 15.1. The van der Waals surface area contributed by atoms with Crippen LogP contribution in [0.15, 0.2) is 65.6 Å². The molecule has 5 rings (SSSR count). The van der Waals surface area contributed by atoms with Crippen molar-refractivity contribution < 1.29 is 17.6 Å². The summed E-state index contributed by atoms with van der Waals surface area (Å²) in [6, 6.07) is 12.6. The number of rotatable bonds is 4. The molecule has 1 amide bonds. The Kier molecular flexibility index (Phi) is 7.52. The number of hydrogen-bond acceptors (Lipinski definition) is 6. The highest BCUT2D eigenvalue weighted by Crippen LogP contribution is 2.43. The Balaban J connectivity index is 1.75. The Morgan fingerprint density at radius 2 is 1.93 bits per heavy atom. The van der Waals surface area contributed by atoms with E-state index < -0.39 is 16.0 Å². The average molecular weight is 597 g/mol. The van der Waals surface area contributed by atoms with Gasteiger partial charge in [0.2, 0.25) is 5.91 Å². The SMILES string of the molecule is C=CC(=O)N1CCN(C2=NS(=O)(=O)N(c3ccccc3C(C)C)c3nc(-c4c(N)cccc4F)c(Cl)cc32)[C@@H](C)C1. The third-order valence-electron chi connectivity index (χ3n) is 7.27. The Morgan fingerprint density at radius 3 is 2.59 bits per heavy atom. The number of hydrogen-bond donors (Lipinski definition) is 1. The number of para-hydroxylation sites is 1. The van der Waals surface area contributed by atoms with Crippen LogP contribution >= 0.6 is 11.6 Å². The summed E-state index contributed by atoms with van der Waals surface area (Å²) in [5.41, 5.74) is 7.72. The Hall–Kier alpha value is -3.96. The summed E-state index contributed by atoms with van der Waals surface area (Å²) < 4.78 is 48.5. The van der Waals surface area contributed by atoms with Gasteiger partial charge >= 0.3 is 10.2 Å². The van der Waals surface area contributed by atoms with Crippen LogP contribution in [0.4, 0.5) is 21.6 Å². The maximum atomic E-state index is 15.1. The molecule has 0 spiro atoms. The van der Waals surface area contributed by atoms with Crippen molar-refractivity contribution in [3.63, 3.8) is 0 Å². The lowest BCUT2D eigenvalue weighted by atomic mass is 10.0. The van der Waals surface area contributed by atoms with Crippen LogP contribution in [0.3, 0.4) is 0 Å². The molecule has 2 aliphatic heterocycles. The molecular weight excluding hydrogens is 567 g/mol. The van der Waals surface area contributed by atoms with E-state index in [1.807, 2.05) is 37.8 Å². The number of nitrogens with zero attached hydrogens (tertiary/aromatic N) is 5. The summed E-state index contributed by atoms with van der Waals surface area (Å²) in [7, 11) is -4.38. The van der Waals surface area contributed by atoms with E-state index in [0.717, 1.165) is 9.87 Å². The first kappa shape index (κ1) is 28.6. The van der Waals surface area contributed by atoms with Gasteiger partial charge in [0.1, 0.15) is 5.82 Å². The molecule has 2 aliphatic rings. The molecule has 9 nitrogen and oxygen atoms in total. The Morgan fingerprint density at radius 1 is 1.20 bits per heavy atom. The van der Waals surface area contributed by atoms with Gasteiger partial charge in [-0.15, -0.1) is 4.40 Å². The van der Waals surface area contributed by atoms with Gasteiger partial charge in [-0.05, 0) is 48.7 Å². The molecule has 0 radical (unpaired) electrons. The molecule has 1 atom stereocenters. The van der Waals surface area contributed by atoms with E-state index in [4.69, 9.17) is 22.3 Å². The largest absolute Gasteiger partial charge is 0.398 e. The Bertz CT molecular complexity index is 1670. The molecule has 0 aliphatic carbocycles. The molecular formula is C29H30ClFN6O3S. The van der Waals surface area contributed by atoms with E-state index >= 15 is 4.39 Å². The molecule has 0 bridgehead atoms. The van der Waals surface area contributed by atoms with Gasteiger partial charge in [0.15, 0.2) is 11.7 Å². The van der Waals surface area contributed by atoms with E-state index in [1.165, 1.54) is 24.3 Å². The second-order valence-electron chi connectivity index (χ2n) is 10.3. The number of amidine groups is 1. The van der Waals surface area contributed by atoms with E-state index in [-0.39, 0.29) is 51.5 Å². The van der Waals surface area contributed by atoms with Crippen LogP contribution in [0, 0.1) is 5.82 Å². The molecule has 214 valence electrons. The monoisotopic (exact) mass is 596 g/mol. The van der Waals surface area contributed by atoms with Crippen LogP contribution < -0.4 is 10.0 Å². The first-order chi connectivity index (χ1) is 19.4. The fourth-order valence-corrected chi connectivity index (χ4v) is 6.80. The zero-order chi connectivity index (χ0) is 29.6. The summed E-state index contributed by atoms with van der Waals surface area (Å²) in [4.78, 5) is 20.4. The number of pyridine rings is 1. The molecule has 12 heteroatoms. The normalized spacial score (nSPS) is 18.2. The van der Waals surface area contributed by atoms with E-state index in [0.29, 0.717) is 30.9 Å². The van der Waals surface area contributed by atoms with E-state index in [1.54, 1.807) is 23.1 Å². The molecule has 1 saturated heterocycles. The quantitative estimate of drug-likeness (QED) is 0.331. The lowest BCUT2D eigenvalue weighted by Crippen LogP contribution is -2.56. The van der Waals surface area contributed by atoms with Crippen molar-refractivity contribution in [3.8, 4) is 11.3 Å². The molecule has 1 fully saturated rings. The molecule has 0 saturated carbocycles. The van der Waals surface area contributed by atoms with E-state index in [2.05, 4.69) is 11.0 Å². The number of carbonyl (C=O) groups is 1. The van der Waals surface area contributed by atoms with Crippen molar-refractivity contribution in [2.75, 3.05) is 29.7 Å². The molecule has 2 N–H and O–H groups in total. The number of nitrogens with two attached hydrogens (primary N) is 1. The summed E-state index contributed by atoms with van der Waals surface area (Å²) in [6.07, 6.45) is 1.25. The molecule has 3 aromatic rings. The minimum Gasteiger partial charge on any atom is -0.398 e. The van der Waals surface area contributed by atoms with Gasteiger partial charge in [0.05, 0.1) is 27.5 Å². The van der Waals surface area contributed by atoms with Crippen molar-refractivity contribution >= 4 is 50.7 Å². The predicted octanol–water partition coefficient (Wildman–Crippen LogP) is 5.11. The van der Waals surface area contributed by atoms with Crippen LogP contribution in [0.25, 0.3) is 11.3 Å². The van der Waals surface area contributed by atoms with Gasteiger partial charge in [-0.2, -0.15) is 8.42 Å². The van der Waals surface area contributed by atoms with Crippen LogP contribution in [0.1, 0.15) is 37.8 Å². The highest BCUT2D eigenvalue weighted by molar-refractivity contribution is 7.92. The predicted molar refractivity (Wildman–Crippen MR) is 160 cm³/mol. The van der Waals surface area contributed by atoms with Crippen molar-refractivity contribution in [3.05, 3.63) is 83.2 Å². The van der Waals surface area contributed by atoms with Crippen LogP contribution in [-0.4, -0.2) is 60.6 Å². The smallest absolute Gasteiger partial charge is 0.352 e. The van der Waals surface area contributed by atoms with Gasteiger partial charge in [-0.25, -0.2) is 13.7 Å². The molecule has 2 aromatic carbocycles. The first-order valence-electron chi connectivity index (χ1n) is 13.1. The standard InChI is InChI=1S/C29H30ClFN6O3S/c1-5-25(38)35-13-14-36(18(4)16-35)29-20-15-21(30)27(26-22(31)10-8-11-23(26)32)33-28(20)37(41(39,40)34-29)24-12-7-6-9-19(24)17(2)3/h5-12,15,17-18H,1,13-14,16,32H2,2-4H3/t18-/m0/s1. The molecule has 3 heterocycles. The topological polar surface area (TPSA) is 112 Å². The zero-order valence-corrected chi connectivity index (χ0v) is 24.5. The number of amides is 1. The zero-order valence-electron chi connectivity index (χ0n) is 22.9. The number of nitrogen functional groups attached to an aromatic ring is 1. The van der Waals surface area contributed by atoms with Crippen molar-refractivity contribution in [2.45, 2.75) is 32.7 Å². The average Bonchev–Trinajstić information content (AvgIpc) is 2.92. The van der Waals surface area contributed by atoms with Crippen LogP contribution in [0.2, 0.25) is 5.02 Å². The summed E-state index contributed by atoms with van der Waals surface area (Å²) >= 11 is 6.72. The van der Waals surface area contributed by atoms with Gasteiger partial charge in [0, 0.05) is 31.4 Å². The number of piperazine rings is 1. The summed E-state index contributed by atoms with van der Waals surface area (Å²) in [6.45, 7) is 10.3. The van der Waals surface area contributed by atoms with Crippen molar-refractivity contribution in [2.24, 2.45) is 4.40 Å². The van der Waals surface area contributed by atoms with Crippen molar-refractivity contribution in [1.82, 2.24) is 14.8 Å². The number of halogens is 2. The number of anilines is 3. The Labute approximate surface area is 243 Å². The highest BCUT2D eigenvalue weighted by atomic mass is 35.5. The second kappa shape index (κ2) is 10.8. The third-order valence-corrected chi connectivity index (χ3v) is 8.79. The van der Waals surface area contributed by atoms with Crippen LogP contribution in [0.5, 0.6) is 0 Å². The van der Waals surface area contributed by atoms with Crippen LogP contribution in [-0.2, 0) is 15.0 Å². The van der Waals surface area contributed by atoms with E-state index in [9.17, 15) is 13.2 Å². The molecule has 0 unspecified atom stereocenters. The number of aromatic nitrogens is 1. The second-order valence-corrected chi connectivity index (χ2v) is 12.1. The van der Waals surface area contributed by atoms with Gasteiger partial charge in [-0.3, -0.25) is 4.79 Å². The van der Waals surface area contributed by atoms with Gasteiger partial charge in [-0.1, -0.05) is 56.3 Å². The molecule has 1 aromatic heterocycles. The number of fused-ring (bicyclic) bond motifs is 1. The maximum Gasteiger partial charge on any atom is 0.352 e. The third kappa shape index (κ3) is 5.04. The fourth-order valence-electron chi connectivity index (χ4n) is 5.28. The summed E-state index contributed by atoms with van der Waals surface area (Å²) in [5, 5.41) is 0.0813. The number of carbonyl (C=O) groups excluding carboxylic acids is 1. The fraction of sp³-hybridized carbons (Fsp3) is 0.276. The summed E-state index contributed by atoms with van der Waals surface area (Å²) in [5.74, 6) is -0.693. The minimum absolute atomic E-state index is 0.0129. The highest BCUT2D eigenvalue weighted by Gasteiger charge is 2.40. The first-order valence-corrected chi connectivity index (χ1v) is 14.9. The van der Waals surface area contributed by atoms with Crippen molar-refractivity contribution in [1.29, 1.82) is 0 Å². The minimum atomic E-state index is -4.38. The lowest BCUT2D eigenvalue weighted by Gasteiger charge is -2.42. The van der Waals surface area contributed by atoms with Gasteiger partial charge in [0.25, 0.3) is 0 Å². The molecule has 41 heavy (non-hydrogen) atoms.